The van der Waals surface area contributed by atoms with E-state index >= 15 is 0 Å². The zero-order valence-electron chi connectivity index (χ0n) is 19.7. The molecular formula is C28H34ClN3S. The molecule has 1 aliphatic carbocycles. The number of aryl methyl sites for hydroxylation is 2. The van der Waals surface area contributed by atoms with Crippen molar-refractivity contribution in [1.82, 2.24) is 9.47 Å². The van der Waals surface area contributed by atoms with Crippen LogP contribution in [-0.4, -0.2) is 20.6 Å². The average molecular weight is 480 g/mol. The predicted octanol–water partition coefficient (Wildman–Crippen LogP) is 7.73. The topological polar surface area (TPSA) is 20.2 Å². The van der Waals surface area contributed by atoms with Crippen LogP contribution in [0.15, 0.2) is 60.8 Å². The standard InChI is InChI=1S/C28H34ClN3S/c1-21-15-16-24(18-22(21)2)30-28(33)32(25-11-5-3-4-6-12-25)20-26-13-9-17-31(26)19-23-10-7-8-14-27(23)29/h7-10,13-18,25H,3-6,11-12,19-20H2,1-2H3,(H,30,33). The molecule has 1 saturated carbocycles. The predicted molar refractivity (Wildman–Crippen MR) is 144 cm³/mol. The Bertz CT molecular complexity index is 1080. The Labute approximate surface area is 208 Å². The summed E-state index contributed by atoms with van der Waals surface area (Å²) < 4.78 is 2.30. The molecular weight excluding hydrogens is 446 g/mol. The van der Waals surface area contributed by atoms with Crippen molar-refractivity contribution in [1.29, 1.82) is 0 Å². The second-order valence-electron chi connectivity index (χ2n) is 9.22. The molecule has 0 unspecified atom stereocenters. The molecule has 0 saturated heterocycles. The first-order chi connectivity index (χ1) is 16.0. The summed E-state index contributed by atoms with van der Waals surface area (Å²) in [6, 6.07) is 19.3. The third-order valence-electron chi connectivity index (χ3n) is 6.84. The molecule has 1 fully saturated rings. The molecule has 0 amide bonds. The quantitative estimate of drug-likeness (QED) is 0.288. The molecule has 4 rings (SSSR count). The van der Waals surface area contributed by atoms with Crippen molar-refractivity contribution in [3.63, 3.8) is 0 Å². The van der Waals surface area contributed by atoms with E-state index in [4.69, 9.17) is 23.8 Å². The van der Waals surface area contributed by atoms with E-state index < -0.39 is 0 Å². The maximum absolute atomic E-state index is 6.45. The van der Waals surface area contributed by atoms with E-state index in [1.807, 2.05) is 18.2 Å². The van der Waals surface area contributed by atoms with Gasteiger partial charge in [-0.05, 0) is 85.9 Å². The van der Waals surface area contributed by atoms with E-state index in [0.717, 1.165) is 34.5 Å². The number of anilines is 1. The number of hydrogen-bond donors (Lipinski definition) is 1. The second-order valence-corrected chi connectivity index (χ2v) is 10.0. The van der Waals surface area contributed by atoms with Gasteiger partial charge in [0.2, 0.25) is 0 Å². The third-order valence-corrected chi connectivity index (χ3v) is 7.54. The fourth-order valence-electron chi connectivity index (χ4n) is 4.68. The molecule has 1 aromatic heterocycles. The van der Waals surface area contributed by atoms with Gasteiger partial charge in [0.25, 0.3) is 0 Å². The van der Waals surface area contributed by atoms with Gasteiger partial charge in [-0.3, -0.25) is 0 Å². The minimum atomic E-state index is 0.461. The lowest BCUT2D eigenvalue weighted by molar-refractivity contribution is 0.274. The van der Waals surface area contributed by atoms with Gasteiger partial charge in [0.1, 0.15) is 0 Å². The van der Waals surface area contributed by atoms with E-state index in [0.29, 0.717) is 6.04 Å². The average Bonchev–Trinajstić information content (AvgIpc) is 3.05. The van der Waals surface area contributed by atoms with Crippen molar-refractivity contribution in [3.8, 4) is 0 Å². The lowest BCUT2D eigenvalue weighted by Gasteiger charge is -2.34. The zero-order valence-corrected chi connectivity index (χ0v) is 21.3. The molecule has 1 N–H and O–H groups in total. The Morgan fingerprint density at radius 3 is 2.48 bits per heavy atom. The molecule has 0 spiro atoms. The number of benzene rings is 2. The molecule has 5 heteroatoms. The van der Waals surface area contributed by atoms with Crippen LogP contribution in [0.4, 0.5) is 5.69 Å². The van der Waals surface area contributed by atoms with Crippen molar-refractivity contribution < 1.29 is 0 Å². The molecule has 1 heterocycles. The molecule has 3 aromatic rings. The normalized spacial score (nSPS) is 14.6. The first-order valence-electron chi connectivity index (χ1n) is 12.0. The summed E-state index contributed by atoms with van der Waals surface area (Å²) in [5.41, 5.74) is 6.02. The fourth-order valence-corrected chi connectivity index (χ4v) is 5.21. The van der Waals surface area contributed by atoms with Gasteiger partial charge in [-0.1, -0.05) is 61.5 Å². The summed E-state index contributed by atoms with van der Waals surface area (Å²) in [7, 11) is 0. The van der Waals surface area contributed by atoms with Gasteiger partial charge < -0.3 is 14.8 Å². The molecule has 0 atom stereocenters. The number of hydrogen-bond acceptors (Lipinski definition) is 1. The fraction of sp³-hybridized carbons (Fsp3) is 0.393. The van der Waals surface area contributed by atoms with Crippen molar-refractivity contribution in [3.05, 3.63) is 88.2 Å². The molecule has 0 aliphatic heterocycles. The molecule has 33 heavy (non-hydrogen) atoms. The summed E-state index contributed by atoms with van der Waals surface area (Å²) in [5, 5.41) is 5.17. The van der Waals surface area contributed by atoms with Crippen LogP contribution in [0.1, 0.15) is 60.9 Å². The molecule has 0 radical (unpaired) electrons. The van der Waals surface area contributed by atoms with Gasteiger partial charge in [-0.15, -0.1) is 0 Å². The van der Waals surface area contributed by atoms with Gasteiger partial charge in [0.05, 0.1) is 6.54 Å². The number of nitrogens with one attached hydrogen (secondary N) is 1. The molecule has 3 nitrogen and oxygen atoms in total. The third kappa shape index (κ3) is 6.18. The Hall–Kier alpha value is -2.30. The largest absolute Gasteiger partial charge is 0.345 e. The van der Waals surface area contributed by atoms with E-state index in [1.165, 1.54) is 55.3 Å². The Morgan fingerprint density at radius 2 is 1.76 bits per heavy atom. The molecule has 174 valence electrons. The second kappa shape index (κ2) is 11.2. The van der Waals surface area contributed by atoms with Crippen LogP contribution in [-0.2, 0) is 13.1 Å². The van der Waals surface area contributed by atoms with E-state index in [1.54, 1.807) is 0 Å². The number of aromatic nitrogens is 1. The van der Waals surface area contributed by atoms with Crippen LogP contribution >= 0.6 is 23.8 Å². The van der Waals surface area contributed by atoms with Crippen molar-refractivity contribution >= 4 is 34.6 Å². The smallest absolute Gasteiger partial charge is 0.174 e. The summed E-state index contributed by atoms with van der Waals surface area (Å²) in [6.07, 6.45) is 9.72. The first kappa shape index (κ1) is 23.8. The summed E-state index contributed by atoms with van der Waals surface area (Å²) >= 11 is 12.5. The van der Waals surface area contributed by atoms with Gasteiger partial charge in [-0.25, -0.2) is 0 Å². The lowest BCUT2D eigenvalue weighted by atomic mass is 10.1. The number of nitrogens with zero attached hydrogens (tertiary/aromatic N) is 2. The van der Waals surface area contributed by atoms with Crippen LogP contribution in [0.25, 0.3) is 0 Å². The highest BCUT2D eigenvalue weighted by Crippen LogP contribution is 2.26. The van der Waals surface area contributed by atoms with Gasteiger partial charge in [0, 0.05) is 35.2 Å². The Kier molecular flexibility index (Phi) is 8.11. The van der Waals surface area contributed by atoms with Crippen LogP contribution in [0.5, 0.6) is 0 Å². The first-order valence-corrected chi connectivity index (χ1v) is 12.8. The maximum atomic E-state index is 6.45. The van der Waals surface area contributed by atoms with Crippen molar-refractivity contribution in [2.45, 2.75) is 71.5 Å². The van der Waals surface area contributed by atoms with Crippen LogP contribution in [0, 0.1) is 13.8 Å². The number of halogens is 1. The Balaban J connectivity index is 1.56. The van der Waals surface area contributed by atoms with Gasteiger partial charge in [-0.2, -0.15) is 0 Å². The highest BCUT2D eigenvalue weighted by atomic mass is 35.5. The van der Waals surface area contributed by atoms with Gasteiger partial charge in [0.15, 0.2) is 5.11 Å². The number of rotatable bonds is 6. The van der Waals surface area contributed by atoms with Crippen molar-refractivity contribution in [2.24, 2.45) is 0 Å². The van der Waals surface area contributed by atoms with E-state index in [2.05, 4.69) is 71.2 Å². The number of thiocarbonyl (C=S) groups is 1. The monoisotopic (exact) mass is 479 g/mol. The molecule has 0 bridgehead atoms. The SMILES string of the molecule is Cc1ccc(NC(=S)N(Cc2cccn2Cc2ccccc2Cl)C2CCCCCC2)cc1C. The Morgan fingerprint density at radius 1 is 1.00 bits per heavy atom. The van der Waals surface area contributed by atoms with E-state index in [-0.39, 0.29) is 0 Å². The van der Waals surface area contributed by atoms with Crippen LogP contribution in [0.3, 0.4) is 0 Å². The molecule has 1 aliphatic rings. The summed E-state index contributed by atoms with van der Waals surface area (Å²) in [5.74, 6) is 0. The summed E-state index contributed by atoms with van der Waals surface area (Å²) in [4.78, 5) is 2.42. The highest BCUT2D eigenvalue weighted by Gasteiger charge is 2.24. The summed E-state index contributed by atoms with van der Waals surface area (Å²) in [6.45, 7) is 5.84. The lowest BCUT2D eigenvalue weighted by Crippen LogP contribution is -2.42. The van der Waals surface area contributed by atoms with Gasteiger partial charge >= 0.3 is 0 Å². The minimum absolute atomic E-state index is 0.461. The highest BCUT2D eigenvalue weighted by molar-refractivity contribution is 7.80. The minimum Gasteiger partial charge on any atom is -0.345 e. The van der Waals surface area contributed by atoms with Crippen LogP contribution in [0.2, 0.25) is 5.02 Å². The van der Waals surface area contributed by atoms with E-state index in [9.17, 15) is 0 Å². The van der Waals surface area contributed by atoms with Crippen LogP contribution < -0.4 is 5.32 Å². The maximum Gasteiger partial charge on any atom is 0.174 e. The zero-order chi connectivity index (χ0) is 23.2. The molecule has 2 aromatic carbocycles. The van der Waals surface area contributed by atoms with Crippen molar-refractivity contribution in [2.75, 3.05) is 5.32 Å².